The molecule has 18 heavy (non-hydrogen) atoms. The molecule has 1 aromatic carbocycles. The van der Waals surface area contributed by atoms with Crippen molar-refractivity contribution in [1.29, 1.82) is 0 Å². The Balaban J connectivity index is 2.28. The van der Waals surface area contributed by atoms with Crippen LogP contribution < -0.4 is 0 Å². The molecular formula is C13H14FNO3. The largest absolute Gasteiger partial charge is 0.480 e. The topological polar surface area (TPSA) is 57.6 Å². The van der Waals surface area contributed by atoms with Crippen LogP contribution in [0.25, 0.3) is 0 Å². The number of carbonyl (C=O) groups excluding carboxylic acids is 1. The van der Waals surface area contributed by atoms with Crippen LogP contribution in [-0.2, 0) is 4.79 Å². The van der Waals surface area contributed by atoms with Crippen molar-refractivity contribution in [3.63, 3.8) is 0 Å². The molecule has 0 radical (unpaired) electrons. The molecule has 1 unspecified atom stereocenters. The fourth-order valence-corrected chi connectivity index (χ4v) is 2.29. The van der Waals surface area contributed by atoms with Crippen molar-refractivity contribution in [2.24, 2.45) is 0 Å². The van der Waals surface area contributed by atoms with Gasteiger partial charge in [0.05, 0.1) is 0 Å². The number of rotatable bonds is 2. The molecule has 1 aliphatic rings. The molecule has 0 aromatic heterocycles. The molecule has 1 aliphatic heterocycles. The minimum absolute atomic E-state index is 0.336. The van der Waals surface area contributed by atoms with Crippen LogP contribution in [0.15, 0.2) is 18.2 Å². The molecule has 0 aliphatic carbocycles. The van der Waals surface area contributed by atoms with E-state index >= 15 is 0 Å². The zero-order valence-corrected chi connectivity index (χ0v) is 10.0. The number of likely N-dealkylation sites (tertiary alicyclic amines) is 1. The average molecular weight is 251 g/mol. The normalized spacial score (nSPS) is 19.0. The number of aliphatic carboxylic acids is 1. The lowest BCUT2D eigenvalue weighted by atomic mass is 10.1. The van der Waals surface area contributed by atoms with Gasteiger partial charge in [-0.1, -0.05) is 0 Å². The molecule has 4 nitrogen and oxygen atoms in total. The Bertz CT molecular complexity index is 501. The van der Waals surface area contributed by atoms with E-state index in [9.17, 15) is 14.0 Å². The Hall–Kier alpha value is -1.91. The van der Waals surface area contributed by atoms with Crippen molar-refractivity contribution in [2.45, 2.75) is 25.8 Å². The summed E-state index contributed by atoms with van der Waals surface area (Å²) in [5, 5.41) is 9.04. The monoisotopic (exact) mass is 251 g/mol. The van der Waals surface area contributed by atoms with Crippen molar-refractivity contribution in [3.05, 3.63) is 35.1 Å². The number of carboxylic acid groups (broad SMARTS) is 1. The first-order valence-corrected chi connectivity index (χ1v) is 5.80. The number of nitrogens with zero attached hydrogens (tertiary/aromatic N) is 1. The maximum Gasteiger partial charge on any atom is 0.326 e. The summed E-state index contributed by atoms with van der Waals surface area (Å²) < 4.78 is 13.0. The van der Waals surface area contributed by atoms with E-state index in [2.05, 4.69) is 0 Å². The van der Waals surface area contributed by atoms with Gasteiger partial charge in [-0.15, -0.1) is 0 Å². The number of benzene rings is 1. The Morgan fingerprint density at radius 2 is 2.17 bits per heavy atom. The third-order valence-corrected chi connectivity index (χ3v) is 3.22. The molecule has 2 rings (SSSR count). The summed E-state index contributed by atoms with van der Waals surface area (Å²) in [5.41, 5.74) is 0.889. The van der Waals surface area contributed by atoms with Crippen LogP contribution in [0.1, 0.15) is 28.8 Å². The van der Waals surface area contributed by atoms with Crippen LogP contribution in [0.4, 0.5) is 4.39 Å². The quantitative estimate of drug-likeness (QED) is 0.872. The van der Waals surface area contributed by atoms with E-state index in [1.165, 1.54) is 23.1 Å². The number of amides is 1. The maximum absolute atomic E-state index is 13.0. The van der Waals surface area contributed by atoms with Gasteiger partial charge in [0.1, 0.15) is 11.9 Å². The van der Waals surface area contributed by atoms with Gasteiger partial charge < -0.3 is 10.0 Å². The number of aryl methyl sites for hydroxylation is 1. The van der Waals surface area contributed by atoms with E-state index in [-0.39, 0.29) is 5.91 Å². The molecule has 1 aromatic rings. The standard InChI is InChI=1S/C13H14FNO3/c1-8-7-9(14)4-5-10(8)12(16)15-6-2-3-11(15)13(17)18/h4-5,7,11H,2-3,6H2,1H3,(H,17,18). The summed E-state index contributed by atoms with van der Waals surface area (Å²) in [4.78, 5) is 24.6. The number of carboxylic acids is 1. The van der Waals surface area contributed by atoms with Crippen molar-refractivity contribution in [1.82, 2.24) is 4.90 Å². The molecule has 0 spiro atoms. The van der Waals surface area contributed by atoms with Gasteiger partial charge in [-0.2, -0.15) is 0 Å². The fourth-order valence-electron chi connectivity index (χ4n) is 2.29. The Labute approximate surface area is 104 Å². The number of carbonyl (C=O) groups is 2. The predicted molar refractivity (Wildman–Crippen MR) is 62.8 cm³/mol. The molecule has 0 bridgehead atoms. The Kier molecular flexibility index (Phi) is 3.32. The second-order valence-electron chi connectivity index (χ2n) is 4.45. The fraction of sp³-hybridized carbons (Fsp3) is 0.385. The van der Waals surface area contributed by atoms with Crippen LogP contribution >= 0.6 is 0 Å². The summed E-state index contributed by atoms with van der Waals surface area (Å²) in [5.74, 6) is -1.72. The molecule has 1 heterocycles. The maximum atomic E-state index is 13.0. The van der Waals surface area contributed by atoms with E-state index in [4.69, 9.17) is 5.11 Å². The lowest BCUT2D eigenvalue weighted by molar-refractivity contribution is -0.141. The summed E-state index contributed by atoms with van der Waals surface area (Å²) in [6.45, 7) is 2.08. The third-order valence-electron chi connectivity index (χ3n) is 3.22. The molecular weight excluding hydrogens is 237 g/mol. The molecule has 1 N–H and O–H groups in total. The lowest BCUT2D eigenvalue weighted by Crippen LogP contribution is -2.40. The Morgan fingerprint density at radius 3 is 2.78 bits per heavy atom. The number of halogens is 1. The zero-order chi connectivity index (χ0) is 13.3. The minimum Gasteiger partial charge on any atom is -0.480 e. The van der Waals surface area contributed by atoms with E-state index in [0.717, 1.165) is 0 Å². The zero-order valence-electron chi connectivity index (χ0n) is 10.0. The van der Waals surface area contributed by atoms with Gasteiger partial charge in [-0.05, 0) is 43.5 Å². The minimum atomic E-state index is -0.986. The van der Waals surface area contributed by atoms with E-state index in [0.29, 0.717) is 30.5 Å². The second-order valence-corrected chi connectivity index (χ2v) is 4.45. The molecule has 0 saturated carbocycles. The molecule has 1 saturated heterocycles. The predicted octanol–water partition coefficient (Wildman–Crippen LogP) is 1.82. The first-order chi connectivity index (χ1) is 8.50. The molecule has 5 heteroatoms. The van der Waals surface area contributed by atoms with Gasteiger partial charge in [-0.25, -0.2) is 9.18 Å². The molecule has 1 amide bonds. The van der Waals surface area contributed by atoms with Crippen LogP contribution in [0.5, 0.6) is 0 Å². The molecule has 1 fully saturated rings. The van der Waals surface area contributed by atoms with Crippen molar-refractivity contribution in [2.75, 3.05) is 6.54 Å². The van der Waals surface area contributed by atoms with E-state index in [1.807, 2.05) is 0 Å². The van der Waals surface area contributed by atoms with Gasteiger partial charge in [0.15, 0.2) is 0 Å². The molecule has 1 atom stereocenters. The third kappa shape index (κ3) is 2.20. The smallest absolute Gasteiger partial charge is 0.326 e. The number of hydrogen-bond donors (Lipinski definition) is 1. The van der Waals surface area contributed by atoms with Gasteiger partial charge in [0.25, 0.3) is 5.91 Å². The summed E-state index contributed by atoms with van der Waals surface area (Å²) in [6.07, 6.45) is 1.16. The van der Waals surface area contributed by atoms with Crippen LogP contribution in [-0.4, -0.2) is 34.5 Å². The highest BCUT2D eigenvalue weighted by molar-refractivity contribution is 5.98. The van der Waals surface area contributed by atoms with Crippen molar-refractivity contribution in [3.8, 4) is 0 Å². The van der Waals surface area contributed by atoms with Crippen molar-refractivity contribution >= 4 is 11.9 Å². The molecule has 96 valence electrons. The van der Waals surface area contributed by atoms with Crippen molar-refractivity contribution < 1.29 is 19.1 Å². The first kappa shape index (κ1) is 12.5. The second kappa shape index (κ2) is 4.76. The number of hydrogen-bond acceptors (Lipinski definition) is 2. The van der Waals surface area contributed by atoms with Crippen LogP contribution in [0, 0.1) is 12.7 Å². The summed E-state index contributed by atoms with van der Waals surface area (Å²) >= 11 is 0. The van der Waals surface area contributed by atoms with Gasteiger partial charge >= 0.3 is 5.97 Å². The van der Waals surface area contributed by atoms with Gasteiger partial charge in [0, 0.05) is 12.1 Å². The highest BCUT2D eigenvalue weighted by atomic mass is 19.1. The summed E-state index contributed by atoms with van der Waals surface area (Å²) in [6, 6.07) is 3.14. The Morgan fingerprint density at radius 1 is 1.44 bits per heavy atom. The van der Waals surface area contributed by atoms with Crippen LogP contribution in [0.3, 0.4) is 0 Å². The average Bonchev–Trinajstić information content (AvgIpc) is 2.77. The first-order valence-electron chi connectivity index (χ1n) is 5.80. The SMILES string of the molecule is Cc1cc(F)ccc1C(=O)N1CCCC1C(=O)O. The highest BCUT2D eigenvalue weighted by Crippen LogP contribution is 2.22. The van der Waals surface area contributed by atoms with Gasteiger partial charge in [-0.3, -0.25) is 4.79 Å². The highest BCUT2D eigenvalue weighted by Gasteiger charge is 2.34. The van der Waals surface area contributed by atoms with Gasteiger partial charge in [0.2, 0.25) is 0 Å². The summed E-state index contributed by atoms with van der Waals surface area (Å²) in [7, 11) is 0. The van der Waals surface area contributed by atoms with E-state index in [1.54, 1.807) is 6.92 Å². The lowest BCUT2D eigenvalue weighted by Gasteiger charge is -2.22. The van der Waals surface area contributed by atoms with E-state index < -0.39 is 17.8 Å². The van der Waals surface area contributed by atoms with Crippen LogP contribution in [0.2, 0.25) is 0 Å².